The number of hydrogen-bond acceptors (Lipinski definition) is 3. The molecule has 3 rings (SSSR count). The third kappa shape index (κ3) is 2.38. The van der Waals surface area contributed by atoms with Gasteiger partial charge in [0.2, 0.25) is 0 Å². The molecule has 1 aromatic rings. The summed E-state index contributed by atoms with van der Waals surface area (Å²) in [6.45, 7) is 2.84. The van der Waals surface area contributed by atoms with Gasteiger partial charge in [-0.1, -0.05) is 6.07 Å². The van der Waals surface area contributed by atoms with E-state index < -0.39 is 0 Å². The first kappa shape index (κ1) is 12.0. The van der Waals surface area contributed by atoms with Crippen molar-refractivity contribution in [3.63, 3.8) is 0 Å². The topological polar surface area (TPSA) is 30.5 Å². The normalized spacial score (nSPS) is 24.6. The zero-order valence-electron chi connectivity index (χ0n) is 10.9. The summed E-state index contributed by atoms with van der Waals surface area (Å²) < 4.78 is 10.8. The van der Waals surface area contributed by atoms with Crippen LogP contribution >= 0.6 is 0 Å². The summed E-state index contributed by atoms with van der Waals surface area (Å²) >= 11 is 0. The first-order valence-electron chi connectivity index (χ1n) is 6.84. The van der Waals surface area contributed by atoms with Gasteiger partial charge in [-0.25, -0.2) is 0 Å². The van der Waals surface area contributed by atoms with Crippen LogP contribution in [0.5, 0.6) is 5.75 Å². The van der Waals surface area contributed by atoms with E-state index in [1.165, 1.54) is 24.0 Å². The average Bonchev–Trinajstić information content (AvgIpc) is 2.47. The lowest BCUT2D eigenvalue weighted by molar-refractivity contribution is 0.0526. The van der Waals surface area contributed by atoms with E-state index in [0.29, 0.717) is 6.04 Å². The van der Waals surface area contributed by atoms with E-state index in [0.717, 1.165) is 37.8 Å². The standard InChI is InChI=1S/C15H21NO2/c1-17-14-3-2-12-10-16-15(9-13(12)8-14)11-4-6-18-7-5-11/h2-3,8,11,15-16H,4-7,9-10H2,1H3/t15-/m0/s1. The number of nitrogens with one attached hydrogen (secondary N) is 1. The fourth-order valence-electron chi connectivity index (χ4n) is 3.09. The van der Waals surface area contributed by atoms with Gasteiger partial charge in [-0.2, -0.15) is 0 Å². The molecule has 1 fully saturated rings. The Morgan fingerprint density at radius 1 is 1.22 bits per heavy atom. The van der Waals surface area contributed by atoms with Crippen LogP contribution in [0.1, 0.15) is 24.0 Å². The highest BCUT2D eigenvalue weighted by Crippen LogP contribution is 2.28. The number of hydrogen-bond donors (Lipinski definition) is 1. The molecule has 0 amide bonds. The summed E-state index contributed by atoms with van der Waals surface area (Å²) in [4.78, 5) is 0. The second-order valence-corrected chi connectivity index (χ2v) is 5.28. The highest BCUT2D eigenvalue weighted by Gasteiger charge is 2.27. The Labute approximate surface area is 108 Å². The number of methoxy groups -OCH3 is 1. The second-order valence-electron chi connectivity index (χ2n) is 5.28. The minimum Gasteiger partial charge on any atom is -0.497 e. The largest absolute Gasteiger partial charge is 0.497 e. The van der Waals surface area contributed by atoms with Gasteiger partial charge in [0.15, 0.2) is 0 Å². The number of rotatable bonds is 2. The molecule has 0 radical (unpaired) electrons. The van der Waals surface area contributed by atoms with Crippen LogP contribution in [0.2, 0.25) is 0 Å². The van der Waals surface area contributed by atoms with Crippen molar-refractivity contribution in [2.24, 2.45) is 5.92 Å². The van der Waals surface area contributed by atoms with Gasteiger partial charge >= 0.3 is 0 Å². The summed E-state index contributed by atoms with van der Waals surface area (Å²) in [6.07, 6.45) is 3.51. The molecule has 0 spiro atoms. The second kappa shape index (κ2) is 5.29. The summed E-state index contributed by atoms with van der Waals surface area (Å²) in [5.74, 6) is 1.74. The molecule has 2 aliphatic rings. The summed E-state index contributed by atoms with van der Waals surface area (Å²) in [6, 6.07) is 7.03. The quantitative estimate of drug-likeness (QED) is 0.868. The van der Waals surface area contributed by atoms with Crippen LogP contribution in [0.4, 0.5) is 0 Å². The fraction of sp³-hybridized carbons (Fsp3) is 0.600. The first-order valence-corrected chi connectivity index (χ1v) is 6.84. The Balaban J connectivity index is 1.74. The maximum absolute atomic E-state index is 5.45. The molecule has 1 N–H and O–H groups in total. The highest BCUT2D eigenvalue weighted by atomic mass is 16.5. The summed E-state index contributed by atoms with van der Waals surface area (Å²) in [5.41, 5.74) is 2.86. The van der Waals surface area contributed by atoms with E-state index in [4.69, 9.17) is 9.47 Å². The van der Waals surface area contributed by atoms with E-state index in [-0.39, 0.29) is 0 Å². The Bertz CT molecular complexity index is 413. The van der Waals surface area contributed by atoms with E-state index >= 15 is 0 Å². The Morgan fingerprint density at radius 3 is 2.83 bits per heavy atom. The van der Waals surface area contributed by atoms with Gasteiger partial charge in [-0.3, -0.25) is 0 Å². The van der Waals surface area contributed by atoms with Crippen molar-refractivity contribution in [1.82, 2.24) is 5.32 Å². The SMILES string of the molecule is COc1ccc2c(c1)C[C@@H](C1CCOCC1)NC2. The van der Waals surface area contributed by atoms with Crippen molar-refractivity contribution in [2.75, 3.05) is 20.3 Å². The zero-order valence-corrected chi connectivity index (χ0v) is 10.9. The van der Waals surface area contributed by atoms with Crippen molar-refractivity contribution >= 4 is 0 Å². The first-order chi connectivity index (χ1) is 8.86. The molecule has 0 unspecified atom stereocenters. The third-order valence-corrected chi connectivity index (χ3v) is 4.24. The predicted octanol–water partition coefficient (Wildman–Crippen LogP) is 2.14. The summed E-state index contributed by atoms with van der Waals surface area (Å²) in [7, 11) is 1.73. The number of fused-ring (bicyclic) bond motifs is 1. The fourth-order valence-corrected chi connectivity index (χ4v) is 3.09. The highest BCUT2D eigenvalue weighted by molar-refractivity contribution is 5.37. The smallest absolute Gasteiger partial charge is 0.119 e. The molecule has 3 nitrogen and oxygen atoms in total. The molecule has 2 heterocycles. The van der Waals surface area contributed by atoms with Crippen LogP contribution in [0, 0.1) is 5.92 Å². The zero-order chi connectivity index (χ0) is 12.4. The van der Waals surface area contributed by atoms with Crippen LogP contribution in [0.3, 0.4) is 0 Å². The molecule has 0 bridgehead atoms. The summed E-state index contributed by atoms with van der Waals surface area (Å²) in [5, 5.41) is 3.69. The van der Waals surface area contributed by atoms with Crippen LogP contribution in [0.15, 0.2) is 18.2 Å². The molecule has 1 aromatic carbocycles. The molecule has 3 heteroatoms. The lowest BCUT2D eigenvalue weighted by Crippen LogP contribution is -2.43. The Morgan fingerprint density at radius 2 is 2.06 bits per heavy atom. The van der Waals surface area contributed by atoms with E-state index in [1.807, 2.05) is 0 Å². The van der Waals surface area contributed by atoms with Gasteiger partial charge in [0.1, 0.15) is 5.75 Å². The molecule has 18 heavy (non-hydrogen) atoms. The Kier molecular flexibility index (Phi) is 3.52. The van der Waals surface area contributed by atoms with Gasteiger partial charge in [0, 0.05) is 25.8 Å². The molecule has 2 aliphatic heterocycles. The van der Waals surface area contributed by atoms with Crippen LogP contribution in [0.25, 0.3) is 0 Å². The molecule has 0 saturated carbocycles. The molecule has 0 aliphatic carbocycles. The number of ether oxygens (including phenoxy) is 2. The Hall–Kier alpha value is -1.06. The van der Waals surface area contributed by atoms with Gasteiger partial charge in [-0.05, 0) is 48.4 Å². The molecule has 1 atom stereocenters. The average molecular weight is 247 g/mol. The maximum atomic E-state index is 5.45. The number of benzene rings is 1. The van der Waals surface area contributed by atoms with Crippen molar-refractivity contribution in [1.29, 1.82) is 0 Å². The van der Waals surface area contributed by atoms with E-state index in [9.17, 15) is 0 Å². The van der Waals surface area contributed by atoms with Gasteiger partial charge in [-0.15, -0.1) is 0 Å². The van der Waals surface area contributed by atoms with E-state index in [1.54, 1.807) is 7.11 Å². The third-order valence-electron chi connectivity index (χ3n) is 4.24. The van der Waals surface area contributed by atoms with Crippen molar-refractivity contribution in [3.8, 4) is 5.75 Å². The van der Waals surface area contributed by atoms with Crippen molar-refractivity contribution in [3.05, 3.63) is 29.3 Å². The van der Waals surface area contributed by atoms with Crippen molar-refractivity contribution < 1.29 is 9.47 Å². The van der Waals surface area contributed by atoms with E-state index in [2.05, 4.69) is 23.5 Å². The van der Waals surface area contributed by atoms with Gasteiger partial charge in [0.05, 0.1) is 7.11 Å². The van der Waals surface area contributed by atoms with Gasteiger partial charge < -0.3 is 14.8 Å². The molecule has 0 aromatic heterocycles. The van der Waals surface area contributed by atoms with Crippen LogP contribution < -0.4 is 10.1 Å². The predicted molar refractivity (Wildman–Crippen MR) is 70.9 cm³/mol. The molecule has 1 saturated heterocycles. The van der Waals surface area contributed by atoms with Crippen LogP contribution in [-0.4, -0.2) is 26.4 Å². The maximum Gasteiger partial charge on any atom is 0.119 e. The molecular formula is C15H21NO2. The lowest BCUT2D eigenvalue weighted by atomic mass is 9.84. The molecular weight excluding hydrogens is 226 g/mol. The van der Waals surface area contributed by atoms with Gasteiger partial charge in [0.25, 0.3) is 0 Å². The molecule has 98 valence electrons. The van der Waals surface area contributed by atoms with Crippen LogP contribution in [-0.2, 0) is 17.7 Å². The monoisotopic (exact) mass is 247 g/mol. The minimum absolute atomic E-state index is 0.605. The lowest BCUT2D eigenvalue weighted by Gasteiger charge is -2.34. The minimum atomic E-state index is 0.605. The van der Waals surface area contributed by atoms with Crippen molar-refractivity contribution in [2.45, 2.75) is 31.8 Å².